The van der Waals surface area contributed by atoms with E-state index in [-0.39, 0.29) is 0 Å². The highest BCUT2D eigenvalue weighted by atomic mass is 35.5. The van der Waals surface area contributed by atoms with E-state index < -0.39 is 10.4 Å². The van der Waals surface area contributed by atoms with Crippen LogP contribution in [0, 0.1) is 0 Å². The maximum atomic E-state index is 8.74. The van der Waals surface area contributed by atoms with Gasteiger partial charge in [-0.2, -0.15) is 8.42 Å². The lowest BCUT2D eigenvalue weighted by Gasteiger charge is -2.09. The smallest absolute Gasteiger partial charge is 0.275 e. The molecule has 2 rings (SSSR count). The van der Waals surface area contributed by atoms with Crippen LogP contribution in [0.1, 0.15) is 38.9 Å². The van der Waals surface area contributed by atoms with Crippen LogP contribution >= 0.6 is 23.4 Å². The molecule has 0 aliphatic heterocycles. The first-order chi connectivity index (χ1) is 10.1. The van der Waals surface area contributed by atoms with Gasteiger partial charge in [0.15, 0.2) is 5.16 Å². The molecule has 0 amide bonds. The first-order valence-electron chi connectivity index (χ1n) is 6.50. The van der Waals surface area contributed by atoms with Gasteiger partial charge in [-0.05, 0) is 6.42 Å². The summed E-state index contributed by atoms with van der Waals surface area (Å²) in [7, 11) is -4.67. The lowest BCUT2D eigenvalue weighted by Crippen LogP contribution is -2.02. The Balaban J connectivity index is 0.000000422. The second-order valence-electron chi connectivity index (χ2n) is 4.69. The predicted octanol–water partition coefficient (Wildman–Crippen LogP) is 3.36. The second-order valence-corrected chi connectivity index (χ2v) is 7.03. The molecule has 2 aromatic rings. The number of halogens is 1. The number of nitrogens with zero attached hydrogens (tertiary/aromatic N) is 3. The number of fused-ring (bicyclic) bond motifs is 1. The Kier molecular flexibility index (Phi) is 7.07. The normalized spacial score (nSPS) is 11.6. The van der Waals surface area contributed by atoms with Crippen molar-refractivity contribution in [2.45, 2.75) is 38.3 Å². The molecule has 124 valence electrons. The fraction of sp³-hybridized carbons (Fsp3) is 0.500. The highest BCUT2D eigenvalue weighted by Crippen LogP contribution is 2.25. The van der Waals surface area contributed by atoms with Gasteiger partial charge in [-0.15, -0.1) is 0 Å². The van der Waals surface area contributed by atoms with Crippen LogP contribution < -0.4 is 0 Å². The van der Waals surface area contributed by atoms with Crippen molar-refractivity contribution in [3.8, 4) is 0 Å². The van der Waals surface area contributed by atoms with Crippen LogP contribution in [0.4, 0.5) is 0 Å². The van der Waals surface area contributed by atoms with Crippen molar-refractivity contribution in [3.63, 3.8) is 0 Å². The molecule has 10 heteroatoms. The highest BCUT2D eigenvalue weighted by molar-refractivity contribution is 7.99. The van der Waals surface area contributed by atoms with Crippen LogP contribution in [0.25, 0.3) is 5.52 Å². The first-order valence-corrected chi connectivity index (χ1v) is 9.26. The lowest BCUT2D eigenvalue weighted by atomic mass is 10.2. The minimum Gasteiger partial charge on any atom is -0.275 e. The van der Waals surface area contributed by atoms with Gasteiger partial charge >= 0.3 is 10.4 Å². The number of hydrogen-bond acceptors (Lipinski definition) is 5. The number of rotatable bonds is 4. The number of thioether (sulfide) groups is 1. The maximum Gasteiger partial charge on any atom is 0.394 e. The molecule has 2 heterocycles. The molecule has 0 spiro atoms. The summed E-state index contributed by atoms with van der Waals surface area (Å²) in [4.78, 5) is 8.86. The molecule has 0 aliphatic rings. The molecule has 0 atom stereocenters. The Morgan fingerprint density at radius 3 is 2.50 bits per heavy atom. The Morgan fingerprint density at radius 1 is 1.41 bits per heavy atom. The third-order valence-electron chi connectivity index (χ3n) is 2.43. The van der Waals surface area contributed by atoms with Crippen molar-refractivity contribution in [2.75, 3.05) is 5.75 Å². The molecule has 7 nitrogen and oxygen atoms in total. The molecule has 0 saturated carbocycles. The van der Waals surface area contributed by atoms with Gasteiger partial charge in [0.25, 0.3) is 0 Å². The van der Waals surface area contributed by atoms with Gasteiger partial charge in [0.05, 0.1) is 11.7 Å². The van der Waals surface area contributed by atoms with Crippen LogP contribution in [0.15, 0.2) is 17.4 Å². The van der Waals surface area contributed by atoms with Gasteiger partial charge in [-0.3, -0.25) is 13.5 Å². The van der Waals surface area contributed by atoms with E-state index in [9.17, 15) is 0 Å². The summed E-state index contributed by atoms with van der Waals surface area (Å²) in [5.41, 5.74) is 1.02. The van der Waals surface area contributed by atoms with Crippen LogP contribution in [0.5, 0.6) is 0 Å². The zero-order valence-corrected chi connectivity index (χ0v) is 14.8. The van der Waals surface area contributed by atoms with Crippen molar-refractivity contribution >= 4 is 39.3 Å². The molecular formula is C12H18ClN3O4S2. The van der Waals surface area contributed by atoms with Crippen molar-refractivity contribution in [2.24, 2.45) is 0 Å². The molecule has 0 unspecified atom stereocenters. The zero-order valence-electron chi connectivity index (χ0n) is 12.4. The van der Waals surface area contributed by atoms with Crippen molar-refractivity contribution in [1.82, 2.24) is 14.4 Å². The van der Waals surface area contributed by atoms with Crippen LogP contribution in [-0.2, 0) is 10.4 Å². The van der Waals surface area contributed by atoms with Crippen molar-refractivity contribution in [1.29, 1.82) is 0 Å². The SMILES string of the molecule is CCCSc1nc(Cl)cc2cnc(C(C)C)n12.O=S(=O)(O)O. The molecule has 22 heavy (non-hydrogen) atoms. The topological polar surface area (TPSA) is 105 Å². The second kappa shape index (κ2) is 8.11. The van der Waals surface area contributed by atoms with Crippen molar-refractivity contribution in [3.05, 3.63) is 23.2 Å². The average Bonchev–Trinajstić information content (AvgIpc) is 2.77. The first kappa shape index (κ1) is 19.2. The maximum absolute atomic E-state index is 8.74. The molecule has 0 bridgehead atoms. The highest BCUT2D eigenvalue weighted by Gasteiger charge is 2.13. The van der Waals surface area contributed by atoms with Gasteiger partial charge in [0.1, 0.15) is 11.0 Å². The van der Waals surface area contributed by atoms with E-state index in [1.54, 1.807) is 11.8 Å². The molecular weight excluding hydrogens is 350 g/mol. The van der Waals surface area contributed by atoms with E-state index in [0.29, 0.717) is 11.1 Å². The summed E-state index contributed by atoms with van der Waals surface area (Å²) in [5.74, 6) is 2.46. The summed E-state index contributed by atoms with van der Waals surface area (Å²) in [5, 5.41) is 1.47. The molecule has 0 fully saturated rings. The molecule has 0 saturated heterocycles. The molecule has 2 aromatic heterocycles. The van der Waals surface area contributed by atoms with Crippen LogP contribution in [0.3, 0.4) is 0 Å². The average molecular weight is 368 g/mol. The monoisotopic (exact) mass is 367 g/mol. The zero-order chi connectivity index (χ0) is 16.9. The molecule has 0 aromatic carbocycles. The third-order valence-corrected chi connectivity index (χ3v) is 3.77. The Bertz CT molecular complexity index is 723. The van der Waals surface area contributed by atoms with Crippen LogP contribution in [0.2, 0.25) is 5.15 Å². The predicted molar refractivity (Wildman–Crippen MR) is 87.3 cm³/mol. The number of aromatic nitrogens is 3. The minimum atomic E-state index is -4.67. The fourth-order valence-corrected chi connectivity index (χ4v) is 2.80. The minimum absolute atomic E-state index is 0.376. The van der Waals surface area contributed by atoms with Crippen molar-refractivity contribution < 1.29 is 17.5 Å². The summed E-state index contributed by atoms with van der Waals surface area (Å²) in [6.45, 7) is 6.43. The van der Waals surface area contributed by atoms with Crippen LogP contribution in [-0.4, -0.2) is 37.6 Å². The van der Waals surface area contributed by atoms with E-state index in [1.165, 1.54) is 0 Å². The standard InChI is InChI=1S/C12H16ClN3S.H2O4S/c1-4-5-17-12-15-10(13)6-9-7-14-11(8(2)3)16(9)12;1-5(2,3)4/h6-8H,4-5H2,1-3H3;(H2,1,2,3,4). The lowest BCUT2D eigenvalue weighted by molar-refractivity contribution is 0.381. The molecule has 0 radical (unpaired) electrons. The number of imidazole rings is 1. The van der Waals surface area contributed by atoms with Gasteiger partial charge in [-0.1, -0.05) is 44.1 Å². The third kappa shape index (κ3) is 6.09. The van der Waals surface area contributed by atoms with E-state index in [1.807, 2.05) is 12.3 Å². The van der Waals surface area contributed by atoms with Gasteiger partial charge in [-0.25, -0.2) is 9.97 Å². The Labute approximate surface area is 138 Å². The molecule has 2 N–H and O–H groups in total. The number of hydrogen-bond donors (Lipinski definition) is 2. The van der Waals surface area contributed by atoms with Gasteiger partial charge < -0.3 is 0 Å². The Morgan fingerprint density at radius 2 is 2.00 bits per heavy atom. The summed E-state index contributed by atoms with van der Waals surface area (Å²) >= 11 is 7.75. The Hall–Kier alpha value is -0.870. The van der Waals surface area contributed by atoms with E-state index in [4.69, 9.17) is 29.1 Å². The van der Waals surface area contributed by atoms with E-state index in [0.717, 1.165) is 28.7 Å². The summed E-state index contributed by atoms with van der Waals surface area (Å²) in [6.07, 6.45) is 2.98. The van der Waals surface area contributed by atoms with Gasteiger partial charge in [0.2, 0.25) is 0 Å². The van der Waals surface area contributed by atoms with E-state index in [2.05, 4.69) is 35.1 Å². The largest absolute Gasteiger partial charge is 0.394 e. The fourth-order valence-electron chi connectivity index (χ4n) is 1.68. The van der Waals surface area contributed by atoms with Gasteiger partial charge in [0, 0.05) is 17.7 Å². The summed E-state index contributed by atoms with van der Waals surface area (Å²) < 4.78 is 33.7. The molecule has 0 aliphatic carbocycles. The van der Waals surface area contributed by atoms with E-state index >= 15 is 0 Å². The quantitative estimate of drug-likeness (QED) is 0.369. The summed E-state index contributed by atoms with van der Waals surface area (Å²) in [6, 6.07) is 1.86.